The van der Waals surface area contributed by atoms with E-state index in [2.05, 4.69) is 51.7 Å². The summed E-state index contributed by atoms with van der Waals surface area (Å²) in [7, 11) is 0. The zero-order valence-electron chi connectivity index (χ0n) is 20.4. The first kappa shape index (κ1) is 24.0. The van der Waals surface area contributed by atoms with E-state index >= 15 is 0 Å². The van der Waals surface area contributed by atoms with Crippen molar-refractivity contribution in [3.8, 4) is 0 Å². The number of nitro groups is 1. The van der Waals surface area contributed by atoms with Gasteiger partial charge in [0.05, 0.1) is 10.6 Å². The highest BCUT2D eigenvalue weighted by molar-refractivity contribution is 7.99. The van der Waals surface area contributed by atoms with Gasteiger partial charge in [-0.25, -0.2) is 0 Å². The average molecular weight is 474 g/mol. The number of non-ortho nitro benzene ring substituents is 1. The number of rotatable bonds is 6. The Labute approximate surface area is 206 Å². The van der Waals surface area contributed by atoms with Gasteiger partial charge in [0, 0.05) is 45.9 Å². The van der Waals surface area contributed by atoms with Crippen LogP contribution in [0.4, 0.5) is 17.1 Å². The highest BCUT2D eigenvalue weighted by Gasteiger charge is 2.35. The van der Waals surface area contributed by atoms with E-state index in [-0.39, 0.29) is 16.1 Å². The van der Waals surface area contributed by atoms with E-state index in [1.54, 1.807) is 23.9 Å². The topological polar surface area (TPSA) is 58.7 Å². The van der Waals surface area contributed by atoms with Crippen LogP contribution in [0.15, 0.2) is 75.4 Å². The minimum Gasteiger partial charge on any atom is -0.366 e. The van der Waals surface area contributed by atoms with E-state index < -0.39 is 0 Å². The second kappa shape index (κ2) is 9.63. The molecule has 0 amide bonds. The van der Waals surface area contributed by atoms with E-state index in [0.29, 0.717) is 5.92 Å². The Morgan fingerprint density at radius 2 is 1.74 bits per heavy atom. The van der Waals surface area contributed by atoms with E-state index in [4.69, 9.17) is 4.99 Å². The first-order chi connectivity index (χ1) is 16.2. The molecule has 1 unspecified atom stereocenters. The second-order valence-electron chi connectivity index (χ2n) is 9.53. The maximum absolute atomic E-state index is 10.8. The van der Waals surface area contributed by atoms with Crippen molar-refractivity contribution in [3.05, 3.63) is 87.5 Å². The molecule has 0 saturated carbocycles. The predicted molar refractivity (Wildman–Crippen MR) is 142 cm³/mol. The van der Waals surface area contributed by atoms with Crippen molar-refractivity contribution in [2.75, 3.05) is 11.4 Å². The predicted octanol–water partition coefficient (Wildman–Crippen LogP) is 7.92. The minimum atomic E-state index is -0.382. The van der Waals surface area contributed by atoms with Crippen LogP contribution in [0.3, 0.4) is 0 Å². The summed E-state index contributed by atoms with van der Waals surface area (Å²) in [5.41, 5.74) is 6.32. The van der Waals surface area contributed by atoms with Gasteiger partial charge in [-0.2, -0.15) is 0 Å². The zero-order chi connectivity index (χ0) is 24.5. The van der Waals surface area contributed by atoms with Crippen LogP contribution in [0.5, 0.6) is 0 Å². The number of hydrogen-bond donors (Lipinski definition) is 0. The lowest BCUT2D eigenvalue weighted by molar-refractivity contribution is -0.384. The molecule has 1 aliphatic heterocycles. The molecule has 0 saturated heterocycles. The fraction of sp³-hybridized carbons (Fsp3) is 0.321. The molecule has 34 heavy (non-hydrogen) atoms. The molecule has 1 atom stereocenters. The van der Waals surface area contributed by atoms with Gasteiger partial charge in [-0.05, 0) is 105 Å². The van der Waals surface area contributed by atoms with Crippen molar-refractivity contribution in [1.29, 1.82) is 0 Å². The van der Waals surface area contributed by atoms with Crippen LogP contribution < -0.4 is 4.90 Å². The smallest absolute Gasteiger partial charge is 0.269 e. The molecule has 0 aromatic heterocycles. The van der Waals surface area contributed by atoms with E-state index in [1.165, 1.54) is 28.9 Å². The fourth-order valence-corrected chi connectivity index (χ4v) is 5.72. The van der Waals surface area contributed by atoms with Gasteiger partial charge >= 0.3 is 0 Å². The maximum Gasteiger partial charge on any atom is 0.269 e. The van der Waals surface area contributed by atoms with E-state index in [0.717, 1.165) is 34.0 Å². The minimum absolute atomic E-state index is 0.104. The summed E-state index contributed by atoms with van der Waals surface area (Å²) >= 11 is 1.57. The molecule has 0 fully saturated rings. The van der Waals surface area contributed by atoms with E-state index in [9.17, 15) is 10.1 Å². The second-order valence-corrected chi connectivity index (χ2v) is 10.7. The van der Waals surface area contributed by atoms with E-state index in [1.807, 2.05) is 30.5 Å². The number of aliphatic imine (C=N–C) groups is 1. The summed E-state index contributed by atoms with van der Waals surface area (Å²) in [5, 5.41) is 10.8. The van der Waals surface area contributed by atoms with Crippen LogP contribution in [-0.2, 0) is 0 Å². The van der Waals surface area contributed by atoms with Crippen molar-refractivity contribution in [2.24, 2.45) is 4.99 Å². The van der Waals surface area contributed by atoms with Gasteiger partial charge in [0.25, 0.3) is 5.69 Å². The molecule has 0 N–H and O–H groups in total. The number of benzene rings is 3. The number of nitrogens with zero attached hydrogens (tertiary/aromatic N) is 3. The summed E-state index contributed by atoms with van der Waals surface area (Å²) < 4.78 is 0. The van der Waals surface area contributed by atoms with Gasteiger partial charge in [-0.3, -0.25) is 15.1 Å². The number of fused-ring (bicyclic) bond motifs is 1. The molecule has 0 bridgehead atoms. The number of anilines is 1. The van der Waals surface area contributed by atoms with Crippen LogP contribution in [0.2, 0.25) is 0 Å². The highest BCUT2D eigenvalue weighted by atomic mass is 32.2. The fourth-order valence-electron chi connectivity index (χ4n) is 4.90. The Bertz CT molecular complexity index is 1220. The Hall–Kier alpha value is -3.12. The Morgan fingerprint density at radius 1 is 1.12 bits per heavy atom. The lowest BCUT2D eigenvalue weighted by atomic mass is 9.79. The first-order valence-electron chi connectivity index (χ1n) is 11.7. The average Bonchev–Trinajstić information content (AvgIpc) is 2.79. The molecule has 0 spiro atoms. The SMILES string of the molecule is CCN1c2cc(C)c(C=Nc3ccc(Sc4ccc([N+](=O)[O-])cc4)cc3)cc2C(C)CC1(C)C. The van der Waals surface area contributed by atoms with Gasteiger partial charge in [0.15, 0.2) is 0 Å². The molecule has 5 nitrogen and oxygen atoms in total. The van der Waals surface area contributed by atoms with Crippen LogP contribution in [0.1, 0.15) is 56.7 Å². The number of nitro benzene ring substituents is 1. The molecular weight excluding hydrogens is 442 g/mol. The van der Waals surface area contributed by atoms with Crippen LogP contribution >= 0.6 is 11.8 Å². The molecule has 6 heteroatoms. The molecule has 1 heterocycles. The third-order valence-electron chi connectivity index (χ3n) is 6.56. The molecule has 1 aliphatic rings. The summed E-state index contributed by atoms with van der Waals surface area (Å²) in [4.78, 5) is 19.7. The van der Waals surface area contributed by atoms with Gasteiger partial charge in [-0.15, -0.1) is 0 Å². The number of aryl methyl sites for hydroxylation is 1. The highest BCUT2D eigenvalue weighted by Crippen LogP contribution is 2.44. The Morgan fingerprint density at radius 3 is 2.32 bits per heavy atom. The van der Waals surface area contributed by atoms with Gasteiger partial charge in [0.2, 0.25) is 0 Å². The van der Waals surface area contributed by atoms with Crippen molar-refractivity contribution in [2.45, 2.75) is 62.3 Å². The number of hydrogen-bond acceptors (Lipinski definition) is 5. The quantitative estimate of drug-likeness (QED) is 0.207. The molecule has 0 radical (unpaired) electrons. The van der Waals surface area contributed by atoms with Crippen LogP contribution in [0.25, 0.3) is 0 Å². The van der Waals surface area contributed by atoms with Crippen LogP contribution in [0, 0.1) is 17.0 Å². The molecule has 176 valence electrons. The van der Waals surface area contributed by atoms with Gasteiger partial charge in [-0.1, -0.05) is 18.7 Å². The maximum atomic E-state index is 10.8. The lowest BCUT2D eigenvalue weighted by Gasteiger charge is -2.47. The molecule has 0 aliphatic carbocycles. The van der Waals surface area contributed by atoms with Crippen LogP contribution in [-0.4, -0.2) is 23.2 Å². The third-order valence-corrected chi connectivity index (χ3v) is 7.58. The Balaban J connectivity index is 1.50. The standard InChI is InChI=1S/C28H31N3O2S/c1-6-30-27-15-19(2)21(16-26(27)20(3)17-28(30,4)5)18-29-22-7-11-24(12-8-22)34-25-13-9-23(10-14-25)31(32)33/h7-16,18,20H,6,17H2,1-5H3. The zero-order valence-corrected chi connectivity index (χ0v) is 21.2. The molecule has 3 aromatic carbocycles. The molecule has 4 rings (SSSR count). The van der Waals surface area contributed by atoms with Gasteiger partial charge < -0.3 is 4.90 Å². The van der Waals surface area contributed by atoms with Gasteiger partial charge in [0.1, 0.15) is 0 Å². The summed E-state index contributed by atoms with van der Waals surface area (Å²) in [6, 6.07) is 19.3. The Kier molecular flexibility index (Phi) is 6.80. The van der Waals surface area contributed by atoms with Crippen molar-refractivity contribution in [3.63, 3.8) is 0 Å². The lowest BCUT2D eigenvalue weighted by Crippen LogP contribution is -2.48. The van der Waals surface area contributed by atoms with Crippen molar-refractivity contribution < 1.29 is 4.92 Å². The summed E-state index contributed by atoms with van der Waals surface area (Å²) in [6.45, 7) is 12.4. The monoisotopic (exact) mass is 473 g/mol. The summed E-state index contributed by atoms with van der Waals surface area (Å²) in [5.74, 6) is 0.510. The largest absolute Gasteiger partial charge is 0.366 e. The first-order valence-corrected chi connectivity index (χ1v) is 12.5. The molecule has 3 aromatic rings. The normalized spacial score (nSPS) is 17.1. The van der Waals surface area contributed by atoms with Crippen molar-refractivity contribution in [1.82, 2.24) is 0 Å². The summed E-state index contributed by atoms with van der Waals surface area (Å²) in [6.07, 6.45) is 3.11. The van der Waals surface area contributed by atoms with Crippen molar-refractivity contribution >= 4 is 35.0 Å². The molecular formula is C28H31N3O2S. The third kappa shape index (κ3) is 5.02.